The molecule has 7 heteroatoms. The molecule has 1 fully saturated rings. The Labute approximate surface area is 98.8 Å². The van der Waals surface area contributed by atoms with Crippen LogP contribution in [0.1, 0.15) is 20.3 Å². The predicted octanol–water partition coefficient (Wildman–Crippen LogP) is -1.08. The predicted molar refractivity (Wildman–Crippen MR) is 55.7 cm³/mol. The van der Waals surface area contributed by atoms with Crippen LogP contribution < -0.4 is 5.73 Å². The van der Waals surface area contributed by atoms with E-state index in [0.29, 0.717) is 0 Å². The zero-order chi connectivity index (χ0) is 13.0. The van der Waals surface area contributed by atoms with Gasteiger partial charge in [0.1, 0.15) is 18.3 Å². The Morgan fingerprint density at radius 3 is 2.41 bits per heavy atom. The quantitative estimate of drug-likeness (QED) is 0.610. The summed E-state index contributed by atoms with van der Waals surface area (Å²) in [5, 5.41) is 9.81. The normalized spacial score (nSPS) is 32.9. The zero-order valence-corrected chi connectivity index (χ0v) is 9.79. The first-order valence-corrected chi connectivity index (χ1v) is 5.32. The Balaban J connectivity index is 2.67. The molecule has 0 radical (unpaired) electrons. The Hall–Kier alpha value is -1.18. The molecular weight excluding hydrogens is 230 g/mol. The van der Waals surface area contributed by atoms with Gasteiger partial charge in [0.15, 0.2) is 0 Å². The standard InChI is InChI=1S/C10H17NO6/c1-5(12)15-7-3-9(16-6(2)13)17-8(4-11)10(7)14/h7-10,14H,3-4,11H2,1-2H3. The van der Waals surface area contributed by atoms with Crippen molar-refractivity contribution in [3.8, 4) is 0 Å². The number of esters is 2. The summed E-state index contributed by atoms with van der Waals surface area (Å²) >= 11 is 0. The van der Waals surface area contributed by atoms with Crippen LogP contribution in [0.15, 0.2) is 0 Å². The lowest BCUT2D eigenvalue weighted by Gasteiger charge is -2.37. The summed E-state index contributed by atoms with van der Waals surface area (Å²) in [4.78, 5) is 21.7. The molecule has 1 heterocycles. The Kier molecular flexibility index (Phi) is 4.86. The second-order valence-corrected chi connectivity index (χ2v) is 3.82. The third-order valence-electron chi connectivity index (χ3n) is 2.36. The lowest BCUT2D eigenvalue weighted by atomic mass is 10.0. The van der Waals surface area contributed by atoms with E-state index in [1.807, 2.05) is 0 Å². The van der Waals surface area contributed by atoms with Crippen molar-refractivity contribution in [2.75, 3.05) is 6.54 Å². The Morgan fingerprint density at radius 1 is 1.35 bits per heavy atom. The van der Waals surface area contributed by atoms with E-state index in [9.17, 15) is 14.7 Å². The van der Waals surface area contributed by atoms with Gasteiger partial charge in [0.05, 0.1) is 0 Å². The molecule has 0 spiro atoms. The summed E-state index contributed by atoms with van der Waals surface area (Å²) in [6.07, 6.45) is -3.28. The van der Waals surface area contributed by atoms with E-state index in [4.69, 9.17) is 19.9 Å². The molecule has 0 aliphatic carbocycles. The van der Waals surface area contributed by atoms with Gasteiger partial charge in [0.25, 0.3) is 0 Å². The van der Waals surface area contributed by atoms with Gasteiger partial charge >= 0.3 is 11.9 Å². The highest BCUT2D eigenvalue weighted by atomic mass is 16.7. The van der Waals surface area contributed by atoms with Crippen molar-refractivity contribution >= 4 is 11.9 Å². The van der Waals surface area contributed by atoms with Gasteiger partial charge < -0.3 is 25.1 Å². The van der Waals surface area contributed by atoms with Gasteiger partial charge in [-0.15, -0.1) is 0 Å². The lowest BCUT2D eigenvalue weighted by Crippen LogP contribution is -2.53. The van der Waals surface area contributed by atoms with E-state index in [1.165, 1.54) is 13.8 Å². The Bertz CT molecular complexity index is 295. The van der Waals surface area contributed by atoms with Crippen LogP contribution in [0.3, 0.4) is 0 Å². The topological polar surface area (TPSA) is 108 Å². The molecule has 17 heavy (non-hydrogen) atoms. The highest BCUT2D eigenvalue weighted by Crippen LogP contribution is 2.23. The molecule has 0 aromatic rings. The van der Waals surface area contributed by atoms with Crippen molar-refractivity contribution in [3.63, 3.8) is 0 Å². The number of carbonyl (C=O) groups is 2. The van der Waals surface area contributed by atoms with Crippen molar-refractivity contribution in [2.24, 2.45) is 5.73 Å². The van der Waals surface area contributed by atoms with Gasteiger partial charge in [-0.25, -0.2) is 0 Å². The summed E-state index contributed by atoms with van der Waals surface area (Å²) in [6.45, 7) is 2.52. The van der Waals surface area contributed by atoms with E-state index in [1.54, 1.807) is 0 Å². The van der Waals surface area contributed by atoms with Crippen LogP contribution in [0.25, 0.3) is 0 Å². The third kappa shape index (κ3) is 3.95. The number of aliphatic hydroxyl groups is 1. The van der Waals surface area contributed by atoms with Crippen LogP contribution in [-0.2, 0) is 23.8 Å². The van der Waals surface area contributed by atoms with Gasteiger partial charge in [-0.2, -0.15) is 0 Å². The summed E-state index contributed by atoms with van der Waals surface area (Å²) in [7, 11) is 0. The van der Waals surface area contributed by atoms with E-state index in [0.717, 1.165) is 0 Å². The molecule has 0 aromatic heterocycles. The second kappa shape index (κ2) is 5.95. The second-order valence-electron chi connectivity index (χ2n) is 3.82. The maximum absolute atomic E-state index is 10.9. The highest BCUT2D eigenvalue weighted by molar-refractivity contribution is 5.66. The number of aliphatic hydroxyl groups excluding tert-OH is 1. The first kappa shape index (κ1) is 13.9. The van der Waals surface area contributed by atoms with Gasteiger partial charge in [0, 0.05) is 26.8 Å². The van der Waals surface area contributed by atoms with Crippen LogP contribution in [0.5, 0.6) is 0 Å². The van der Waals surface area contributed by atoms with Gasteiger partial charge in [-0.1, -0.05) is 0 Å². The average molecular weight is 247 g/mol. The van der Waals surface area contributed by atoms with E-state index in [2.05, 4.69) is 0 Å². The van der Waals surface area contributed by atoms with Crippen LogP contribution in [-0.4, -0.2) is 48.2 Å². The Morgan fingerprint density at radius 2 is 1.94 bits per heavy atom. The molecule has 0 bridgehead atoms. The maximum atomic E-state index is 10.9. The molecule has 98 valence electrons. The summed E-state index contributed by atoms with van der Waals surface area (Å²) in [5.41, 5.74) is 5.41. The minimum Gasteiger partial charge on any atom is -0.459 e. The van der Waals surface area contributed by atoms with E-state index in [-0.39, 0.29) is 13.0 Å². The number of hydrogen-bond donors (Lipinski definition) is 2. The molecule has 0 aromatic carbocycles. The van der Waals surface area contributed by atoms with E-state index < -0.39 is 36.5 Å². The molecular formula is C10H17NO6. The smallest absolute Gasteiger partial charge is 0.304 e. The molecule has 7 nitrogen and oxygen atoms in total. The molecule has 1 aliphatic heterocycles. The third-order valence-corrected chi connectivity index (χ3v) is 2.36. The summed E-state index contributed by atoms with van der Waals surface area (Å²) < 4.78 is 15.1. The minimum atomic E-state index is -1.02. The number of nitrogens with two attached hydrogens (primary N) is 1. The van der Waals surface area contributed by atoms with Gasteiger partial charge in [-0.05, 0) is 0 Å². The van der Waals surface area contributed by atoms with Crippen LogP contribution in [0, 0.1) is 0 Å². The van der Waals surface area contributed by atoms with Crippen molar-refractivity contribution < 1.29 is 28.9 Å². The molecule has 1 saturated heterocycles. The first-order chi connectivity index (χ1) is 7.93. The largest absolute Gasteiger partial charge is 0.459 e. The molecule has 0 saturated carbocycles. The van der Waals surface area contributed by atoms with Crippen molar-refractivity contribution in [1.82, 2.24) is 0 Å². The highest BCUT2D eigenvalue weighted by Gasteiger charge is 2.40. The summed E-state index contributed by atoms with van der Waals surface area (Å²) in [5.74, 6) is -1.03. The van der Waals surface area contributed by atoms with Crippen LogP contribution in [0.4, 0.5) is 0 Å². The fourth-order valence-corrected chi connectivity index (χ4v) is 1.69. The monoisotopic (exact) mass is 247 g/mol. The molecule has 1 rings (SSSR count). The molecule has 0 amide bonds. The number of carbonyl (C=O) groups excluding carboxylic acids is 2. The van der Waals surface area contributed by atoms with Crippen molar-refractivity contribution in [2.45, 2.75) is 44.9 Å². The molecule has 1 aliphatic rings. The first-order valence-electron chi connectivity index (χ1n) is 5.32. The average Bonchev–Trinajstić information content (AvgIpc) is 2.21. The minimum absolute atomic E-state index is 0.0384. The molecule has 4 unspecified atom stereocenters. The SMILES string of the molecule is CC(=O)OC1CC(OC(C)=O)C(O)C(CN)O1. The lowest BCUT2D eigenvalue weighted by molar-refractivity contribution is -0.246. The number of hydrogen-bond acceptors (Lipinski definition) is 7. The van der Waals surface area contributed by atoms with Gasteiger partial charge in [0.2, 0.25) is 6.29 Å². The van der Waals surface area contributed by atoms with Gasteiger partial charge in [-0.3, -0.25) is 9.59 Å². The summed E-state index contributed by atoms with van der Waals surface area (Å²) in [6, 6.07) is 0. The van der Waals surface area contributed by atoms with E-state index >= 15 is 0 Å². The maximum Gasteiger partial charge on any atom is 0.304 e. The van der Waals surface area contributed by atoms with Crippen LogP contribution >= 0.6 is 0 Å². The van der Waals surface area contributed by atoms with Crippen molar-refractivity contribution in [1.29, 1.82) is 0 Å². The fourth-order valence-electron chi connectivity index (χ4n) is 1.69. The van der Waals surface area contributed by atoms with Crippen LogP contribution in [0.2, 0.25) is 0 Å². The zero-order valence-electron chi connectivity index (χ0n) is 9.79. The fraction of sp³-hybridized carbons (Fsp3) is 0.800. The molecule has 3 N–H and O–H groups in total. The number of rotatable bonds is 3. The van der Waals surface area contributed by atoms with Crippen molar-refractivity contribution in [3.05, 3.63) is 0 Å². The molecule has 4 atom stereocenters. The number of ether oxygens (including phenoxy) is 3.